The molecule has 1 aromatic heterocycles. The van der Waals surface area contributed by atoms with Gasteiger partial charge < -0.3 is 14.3 Å². The van der Waals surface area contributed by atoms with E-state index in [4.69, 9.17) is 4.52 Å². The lowest BCUT2D eigenvalue weighted by Gasteiger charge is -2.35. The second-order valence-corrected chi connectivity index (χ2v) is 8.67. The fourth-order valence-electron chi connectivity index (χ4n) is 4.57. The summed E-state index contributed by atoms with van der Waals surface area (Å²) in [5.41, 5.74) is 2.26. The van der Waals surface area contributed by atoms with Gasteiger partial charge in [0.2, 0.25) is 5.76 Å². The van der Waals surface area contributed by atoms with E-state index in [2.05, 4.69) is 59.1 Å². The van der Waals surface area contributed by atoms with Crippen molar-refractivity contribution in [3.63, 3.8) is 0 Å². The van der Waals surface area contributed by atoms with Crippen molar-refractivity contribution in [2.24, 2.45) is 5.92 Å². The van der Waals surface area contributed by atoms with Crippen LogP contribution in [-0.4, -0.2) is 53.1 Å². The predicted octanol–water partition coefficient (Wildman–Crippen LogP) is 3.97. The lowest BCUT2D eigenvalue weighted by Crippen LogP contribution is -2.47. The molecule has 3 fully saturated rings. The van der Waals surface area contributed by atoms with E-state index in [0.717, 1.165) is 51.1 Å². The first-order valence-electron chi connectivity index (χ1n) is 10.6. The fraction of sp³-hybridized carbons (Fsp3) is 0.565. The maximum absolute atomic E-state index is 13.1. The van der Waals surface area contributed by atoms with Crippen molar-refractivity contribution in [3.8, 4) is 0 Å². The zero-order valence-electron chi connectivity index (χ0n) is 17.0. The highest BCUT2D eigenvalue weighted by atomic mass is 16.5. The molecular formula is C23H31N3O2. The van der Waals surface area contributed by atoms with Crippen LogP contribution < -0.4 is 0 Å². The number of piperidine rings is 1. The van der Waals surface area contributed by atoms with Gasteiger partial charge in [-0.3, -0.25) is 4.79 Å². The van der Waals surface area contributed by atoms with Crippen molar-refractivity contribution < 1.29 is 9.32 Å². The van der Waals surface area contributed by atoms with Crippen molar-refractivity contribution in [3.05, 3.63) is 53.4 Å². The van der Waals surface area contributed by atoms with E-state index >= 15 is 0 Å². The molecular weight excluding hydrogens is 350 g/mol. The van der Waals surface area contributed by atoms with E-state index in [9.17, 15) is 4.79 Å². The molecule has 0 radical (unpaired) electrons. The summed E-state index contributed by atoms with van der Waals surface area (Å²) in [6.45, 7) is 8.14. The third-order valence-electron chi connectivity index (χ3n) is 6.16. The summed E-state index contributed by atoms with van der Waals surface area (Å²) in [7, 11) is 0. The van der Waals surface area contributed by atoms with Gasteiger partial charge in [0.1, 0.15) is 0 Å². The molecule has 3 aliphatic heterocycles. The Hall–Kier alpha value is -2.14. The van der Waals surface area contributed by atoms with Crippen molar-refractivity contribution in [2.45, 2.75) is 51.5 Å². The number of aryl methyl sites for hydroxylation is 1. The Kier molecular flexibility index (Phi) is 5.81. The Morgan fingerprint density at radius 1 is 1.18 bits per heavy atom. The summed E-state index contributed by atoms with van der Waals surface area (Å²) < 4.78 is 5.38. The number of fused-ring (bicyclic) bond motifs is 4. The lowest BCUT2D eigenvalue weighted by molar-refractivity contribution is 0.0543. The van der Waals surface area contributed by atoms with Gasteiger partial charge in [-0.05, 0) is 49.6 Å². The summed E-state index contributed by atoms with van der Waals surface area (Å²) in [6.07, 6.45) is 4.59. The molecule has 5 rings (SSSR count). The fourth-order valence-corrected chi connectivity index (χ4v) is 4.57. The van der Waals surface area contributed by atoms with Crippen molar-refractivity contribution in [1.82, 2.24) is 15.0 Å². The van der Waals surface area contributed by atoms with Crippen LogP contribution in [-0.2, 0) is 6.42 Å². The first kappa shape index (κ1) is 19.2. The van der Waals surface area contributed by atoms with Gasteiger partial charge in [0, 0.05) is 31.7 Å². The third kappa shape index (κ3) is 4.30. The molecule has 0 saturated carbocycles. The average molecular weight is 382 g/mol. The molecule has 4 heterocycles. The number of benzene rings is 1. The number of hydrogen-bond donors (Lipinski definition) is 0. The van der Waals surface area contributed by atoms with E-state index < -0.39 is 0 Å². The smallest absolute Gasteiger partial charge is 0.292 e. The monoisotopic (exact) mass is 381 g/mol. The highest BCUT2D eigenvalue weighted by molar-refractivity contribution is 5.91. The molecule has 1 amide bonds. The quantitative estimate of drug-likeness (QED) is 0.760. The number of amides is 1. The topological polar surface area (TPSA) is 49.6 Å². The van der Waals surface area contributed by atoms with E-state index in [0.29, 0.717) is 11.7 Å². The minimum atomic E-state index is 0.0141. The van der Waals surface area contributed by atoms with Crippen LogP contribution in [0.25, 0.3) is 0 Å². The van der Waals surface area contributed by atoms with Crippen LogP contribution in [0.2, 0.25) is 0 Å². The van der Waals surface area contributed by atoms with Crippen molar-refractivity contribution >= 4 is 5.91 Å². The highest BCUT2D eigenvalue weighted by Gasteiger charge is 2.38. The van der Waals surface area contributed by atoms with Crippen LogP contribution in [0.5, 0.6) is 0 Å². The van der Waals surface area contributed by atoms with Gasteiger partial charge >= 0.3 is 0 Å². The van der Waals surface area contributed by atoms with Crippen LogP contribution >= 0.6 is 0 Å². The minimum absolute atomic E-state index is 0.0141. The maximum atomic E-state index is 13.1. The number of hydrogen-bond acceptors (Lipinski definition) is 4. The molecule has 0 aliphatic carbocycles. The van der Waals surface area contributed by atoms with Gasteiger partial charge in [-0.1, -0.05) is 49.3 Å². The molecule has 5 heteroatoms. The van der Waals surface area contributed by atoms with Crippen molar-refractivity contribution in [2.75, 3.05) is 26.2 Å². The molecule has 150 valence electrons. The molecule has 0 N–H and O–H groups in total. The molecule has 2 atom stereocenters. The Bertz CT molecular complexity index is 786. The van der Waals surface area contributed by atoms with Crippen LogP contribution in [0.1, 0.15) is 60.8 Å². The molecule has 1 aromatic carbocycles. The SMILES string of the molecule is CC(C)c1cc(C(=O)N2C[C@H]3CC[C@@H]2CN(CCCc2ccccc2)C3)on1. The predicted molar refractivity (Wildman–Crippen MR) is 109 cm³/mol. The number of carbonyl (C=O) groups excluding carboxylic acids is 1. The lowest BCUT2D eigenvalue weighted by atomic mass is 9.94. The third-order valence-corrected chi connectivity index (χ3v) is 6.16. The van der Waals surface area contributed by atoms with Crippen LogP contribution in [0.3, 0.4) is 0 Å². The van der Waals surface area contributed by atoms with Gasteiger partial charge in [0.15, 0.2) is 0 Å². The molecule has 2 bridgehead atoms. The Balaban J connectivity index is 1.36. The first-order valence-corrected chi connectivity index (χ1v) is 10.6. The zero-order chi connectivity index (χ0) is 19.5. The normalized spacial score (nSPS) is 22.6. The first-order chi connectivity index (χ1) is 13.6. The molecule has 0 spiro atoms. The van der Waals surface area contributed by atoms with E-state index in [1.54, 1.807) is 0 Å². The Morgan fingerprint density at radius 2 is 2.00 bits per heavy atom. The van der Waals surface area contributed by atoms with Gasteiger partial charge in [-0.15, -0.1) is 0 Å². The second kappa shape index (κ2) is 8.48. The van der Waals surface area contributed by atoms with Gasteiger partial charge in [0.05, 0.1) is 5.69 Å². The summed E-state index contributed by atoms with van der Waals surface area (Å²) >= 11 is 0. The summed E-state index contributed by atoms with van der Waals surface area (Å²) in [5.74, 6) is 1.24. The number of aromatic nitrogens is 1. The van der Waals surface area contributed by atoms with E-state index in [-0.39, 0.29) is 17.9 Å². The molecule has 0 unspecified atom stereocenters. The summed E-state index contributed by atoms with van der Waals surface area (Å²) in [4.78, 5) is 17.7. The van der Waals surface area contributed by atoms with Crippen LogP contribution in [0.15, 0.2) is 40.9 Å². The van der Waals surface area contributed by atoms with Gasteiger partial charge in [-0.25, -0.2) is 0 Å². The Morgan fingerprint density at radius 3 is 2.75 bits per heavy atom. The number of rotatable bonds is 6. The number of carbonyl (C=O) groups is 1. The average Bonchev–Trinajstić information content (AvgIpc) is 3.04. The van der Waals surface area contributed by atoms with Crippen LogP contribution in [0.4, 0.5) is 0 Å². The zero-order valence-corrected chi connectivity index (χ0v) is 17.0. The molecule has 3 saturated heterocycles. The maximum Gasteiger partial charge on any atom is 0.292 e. The van der Waals surface area contributed by atoms with Gasteiger partial charge in [-0.2, -0.15) is 0 Å². The van der Waals surface area contributed by atoms with Crippen molar-refractivity contribution in [1.29, 1.82) is 0 Å². The minimum Gasteiger partial charge on any atom is -0.351 e. The summed E-state index contributed by atoms with van der Waals surface area (Å²) in [6, 6.07) is 12.8. The largest absolute Gasteiger partial charge is 0.351 e. The van der Waals surface area contributed by atoms with E-state index in [1.807, 2.05) is 6.07 Å². The molecule has 28 heavy (non-hydrogen) atoms. The molecule has 3 aliphatic rings. The molecule has 5 nitrogen and oxygen atoms in total. The highest BCUT2D eigenvalue weighted by Crippen LogP contribution is 2.30. The number of nitrogens with zero attached hydrogens (tertiary/aromatic N) is 3. The van der Waals surface area contributed by atoms with Crippen LogP contribution in [0, 0.1) is 5.92 Å². The second-order valence-electron chi connectivity index (χ2n) is 8.67. The molecule has 2 aromatic rings. The van der Waals surface area contributed by atoms with Gasteiger partial charge in [0.25, 0.3) is 5.91 Å². The standard InChI is InChI=1S/C23H31N3O2/c1-17(2)21-13-22(28-24-21)23(27)26-15-19-10-11-20(26)16-25(14-19)12-6-9-18-7-4-3-5-8-18/h3-5,7-8,13,17,19-20H,6,9-12,14-16H2,1-2H3/t19-,20+/m0/s1. The summed E-state index contributed by atoms with van der Waals surface area (Å²) in [5, 5.41) is 4.07. The van der Waals surface area contributed by atoms with E-state index in [1.165, 1.54) is 12.0 Å². The Labute approximate surface area is 167 Å².